The van der Waals surface area contributed by atoms with E-state index in [4.69, 9.17) is 21.9 Å². The molecule has 1 atom stereocenters. The number of aliphatic hydroxyl groups excluding tert-OH is 1. The molecule has 0 unspecified atom stereocenters. The summed E-state index contributed by atoms with van der Waals surface area (Å²) in [5.41, 5.74) is 5.30. The van der Waals surface area contributed by atoms with Gasteiger partial charge in [-0.1, -0.05) is 22.8 Å². The third-order valence-corrected chi connectivity index (χ3v) is 3.38. The van der Waals surface area contributed by atoms with E-state index >= 15 is 0 Å². The number of rotatable bonds is 5. The fourth-order valence-electron chi connectivity index (χ4n) is 1.27. The molecular formula is C11H12ClN3O2S. The van der Waals surface area contributed by atoms with Crippen LogP contribution in [0.1, 0.15) is 17.8 Å². The maximum atomic E-state index is 9.42. The zero-order valence-electron chi connectivity index (χ0n) is 9.41. The minimum Gasteiger partial charge on any atom is -0.382 e. The van der Waals surface area contributed by atoms with Crippen molar-refractivity contribution >= 4 is 23.4 Å². The van der Waals surface area contributed by atoms with Crippen LogP contribution in [0, 0.1) is 0 Å². The summed E-state index contributed by atoms with van der Waals surface area (Å²) in [5.74, 6) is 1.21. The van der Waals surface area contributed by atoms with Crippen molar-refractivity contribution in [2.24, 2.45) is 5.73 Å². The Kier molecular flexibility index (Phi) is 4.60. The Hall–Kier alpha value is -1.08. The molecule has 0 bridgehead atoms. The molecule has 1 heterocycles. The van der Waals surface area contributed by atoms with E-state index in [1.54, 1.807) is 0 Å². The summed E-state index contributed by atoms with van der Waals surface area (Å²) in [4.78, 5) is 5.08. The molecule has 0 saturated carbocycles. The van der Waals surface area contributed by atoms with E-state index in [1.165, 1.54) is 11.8 Å². The van der Waals surface area contributed by atoms with Crippen molar-refractivity contribution in [2.75, 3.05) is 6.54 Å². The zero-order chi connectivity index (χ0) is 13.0. The maximum Gasteiger partial charge on any atom is 0.256 e. The lowest BCUT2D eigenvalue weighted by atomic mass is 10.4. The third kappa shape index (κ3) is 3.46. The lowest BCUT2D eigenvalue weighted by Crippen LogP contribution is -2.11. The van der Waals surface area contributed by atoms with Crippen molar-refractivity contribution in [3.63, 3.8) is 0 Å². The molecule has 0 aliphatic heterocycles. The summed E-state index contributed by atoms with van der Waals surface area (Å²) in [5, 5.41) is 13.9. The highest BCUT2D eigenvalue weighted by atomic mass is 35.5. The fourth-order valence-corrected chi connectivity index (χ4v) is 2.32. The lowest BCUT2D eigenvalue weighted by molar-refractivity contribution is 0.141. The van der Waals surface area contributed by atoms with Gasteiger partial charge in [-0.3, -0.25) is 0 Å². The first-order valence-corrected chi connectivity index (χ1v) is 6.64. The van der Waals surface area contributed by atoms with Gasteiger partial charge in [0.05, 0.1) is 5.75 Å². The summed E-state index contributed by atoms with van der Waals surface area (Å²) in [6.07, 6.45) is -0.901. The normalized spacial score (nSPS) is 12.6. The average Bonchev–Trinajstić information content (AvgIpc) is 2.84. The first kappa shape index (κ1) is 13.4. The van der Waals surface area contributed by atoms with Gasteiger partial charge in [0.1, 0.15) is 6.10 Å². The van der Waals surface area contributed by atoms with Crippen molar-refractivity contribution in [1.82, 2.24) is 10.1 Å². The van der Waals surface area contributed by atoms with Crippen LogP contribution in [-0.2, 0) is 5.75 Å². The highest BCUT2D eigenvalue weighted by Crippen LogP contribution is 2.24. The highest BCUT2D eigenvalue weighted by molar-refractivity contribution is 7.98. The first-order valence-electron chi connectivity index (χ1n) is 5.28. The Morgan fingerprint density at radius 1 is 1.50 bits per heavy atom. The van der Waals surface area contributed by atoms with Crippen LogP contribution in [0.15, 0.2) is 33.7 Å². The Labute approximate surface area is 113 Å². The molecule has 2 aromatic rings. The molecule has 0 saturated heterocycles. The summed E-state index contributed by atoms with van der Waals surface area (Å²) in [7, 11) is 0. The molecule has 18 heavy (non-hydrogen) atoms. The van der Waals surface area contributed by atoms with Crippen LogP contribution >= 0.6 is 23.4 Å². The number of hydrogen-bond donors (Lipinski definition) is 2. The molecule has 1 aromatic heterocycles. The number of hydrogen-bond acceptors (Lipinski definition) is 6. The van der Waals surface area contributed by atoms with Gasteiger partial charge in [-0.15, -0.1) is 11.8 Å². The molecule has 3 N–H and O–H groups in total. The molecule has 0 aliphatic carbocycles. The Morgan fingerprint density at radius 3 is 3.06 bits per heavy atom. The van der Waals surface area contributed by atoms with Crippen molar-refractivity contribution in [3.05, 3.63) is 41.0 Å². The Bertz CT molecular complexity index is 520. The van der Waals surface area contributed by atoms with Crippen molar-refractivity contribution in [1.29, 1.82) is 0 Å². The van der Waals surface area contributed by atoms with Crippen LogP contribution in [-0.4, -0.2) is 21.8 Å². The van der Waals surface area contributed by atoms with Crippen molar-refractivity contribution in [2.45, 2.75) is 16.8 Å². The summed E-state index contributed by atoms with van der Waals surface area (Å²) in [6, 6.07) is 7.51. The predicted octanol–water partition coefficient (Wildman–Crippen LogP) is 2.01. The van der Waals surface area contributed by atoms with Crippen LogP contribution in [0.25, 0.3) is 0 Å². The molecule has 0 spiro atoms. The van der Waals surface area contributed by atoms with Gasteiger partial charge in [0.2, 0.25) is 0 Å². The van der Waals surface area contributed by atoms with E-state index in [1.807, 2.05) is 24.3 Å². The molecule has 0 aliphatic rings. The molecule has 0 fully saturated rings. The summed E-state index contributed by atoms with van der Waals surface area (Å²) in [6.45, 7) is 0.0586. The highest BCUT2D eigenvalue weighted by Gasteiger charge is 2.14. The van der Waals surface area contributed by atoms with Gasteiger partial charge in [0, 0.05) is 16.5 Å². The molecule has 5 nitrogen and oxygen atoms in total. The number of halogens is 1. The SMILES string of the molecule is NC[C@H](O)c1nc(CSc2cccc(Cl)c2)no1. The zero-order valence-corrected chi connectivity index (χ0v) is 11.0. The summed E-state index contributed by atoms with van der Waals surface area (Å²) >= 11 is 7.42. The van der Waals surface area contributed by atoms with E-state index < -0.39 is 6.10 Å². The van der Waals surface area contributed by atoms with E-state index in [9.17, 15) is 5.11 Å². The van der Waals surface area contributed by atoms with Crippen LogP contribution in [0.2, 0.25) is 5.02 Å². The van der Waals surface area contributed by atoms with Gasteiger partial charge >= 0.3 is 0 Å². The molecule has 7 heteroatoms. The van der Waals surface area contributed by atoms with Crippen molar-refractivity contribution < 1.29 is 9.63 Å². The second kappa shape index (κ2) is 6.19. The molecule has 2 rings (SSSR count). The second-order valence-electron chi connectivity index (χ2n) is 3.55. The molecular weight excluding hydrogens is 274 g/mol. The summed E-state index contributed by atoms with van der Waals surface area (Å²) < 4.78 is 4.90. The molecule has 96 valence electrons. The molecule has 0 amide bonds. The first-order chi connectivity index (χ1) is 8.69. The number of aliphatic hydroxyl groups is 1. The monoisotopic (exact) mass is 285 g/mol. The van der Waals surface area contributed by atoms with Crippen LogP contribution < -0.4 is 5.73 Å². The number of aromatic nitrogens is 2. The van der Waals surface area contributed by atoms with Gasteiger partial charge in [0.25, 0.3) is 5.89 Å². The predicted molar refractivity (Wildman–Crippen MR) is 69.3 cm³/mol. The van der Waals surface area contributed by atoms with E-state index in [0.29, 0.717) is 16.6 Å². The largest absolute Gasteiger partial charge is 0.382 e. The van der Waals surface area contributed by atoms with Gasteiger partial charge in [-0.25, -0.2) is 0 Å². The quantitative estimate of drug-likeness (QED) is 0.818. The molecule has 1 aromatic carbocycles. The molecule has 0 radical (unpaired) electrons. The minimum absolute atomic E-state index is 0.0586. The van der Waals surface area contributed by atoms with Crippen LogP contribution in [0.4, 0.5) is 0 Å². The van der Waals surface area contributed by atoms with Crippen LogP contribution in [0.5, 0.6) is 0 Å². The average molecular weight is 286 g/mol. The number of benzene rings is 1. The fraction of sp³-hybridized carbons (Fsp3) is 0.273. The second-order valence-corrected chi connectivity index (χ2v) is 5.03. The Balaban J connectivity index is 1.96. The number of nitrogens with zero attached hydrogens (tertiary/aromatic N) is 2. The van der Waals surface area contributed by atoms with Crippen LogP contribution in [0.3, 0.4) is 0 Å². The minimum atomic E-state index is -0.901. The van der Waals surface area contributed by atoms with E-state index in [0.717, 1.165) is 4.90 Å². The van der Waals surface area contributed by atoms with Gasteiger partial charge in [-0.05, 0) is 18.2 Å². The standard InChI is InChI=1S/C11H12ClN3O2S/c12-7-2-1-3-8(4-7)18-6-10-14-11(17-15-10)9(16)5-13/h1-4,9,16H,5-6,13H2/t9-/m0/s1. The lowest BCUT2D eigenvalue weighted by Gasteiger charge is -1.99. The van der Waals surface area contributed by atoms with Gasteiger partial charge in [-0.2, -0.15) is 4.98 Å². The van der Waals surface area contributed by atoms with Crippen molar-refractivity contribution in [3.8, 4) is 0 Å². The Morgan fingerprint density at radius 2 is 2.33 bits per heavy atom. The van der Waals surface area contributed by atoms with E-state index in [-0.39, 0.29) is 12.4 Å². The topological polar surface area (TPSA) is 85.2 Å². The smallest absolute Gasteiger partial charge is 0.256 e. The number of thioether (sulfide) groups is 1. The third-order valence-electron chi connectivity index (χ3n) is 2.16. The van der Waals surface area contributed by atoms with Gasteiger partial charge < -0.3 is 15.4 Å². The van der Waals surface area contributed by atoms with E-state index in [2.05, 4.69) is 10.1 Å². The van der Waals surface area contributed by atoms with Gasteiger partial charge in [0.15, 0.2) is 5.82 Å². The maximum absolute atomic E-state index is 9.42. The number of nitrogens with two attached hydrogens (primary N) is 1.